The highest BCUT2D eigenvalue weighted by Gasteiger charge is 2.21. The summed E-state index contributed by atoms with van der Waals surface area (Å²) in [7, 11) is -2.46. The van der Waals surface area contributed by atoms with Crippen molar-refractivity contribution >= 4 is 31.9 Å². The Morgan fingerprint density at radius 1 is 1.32 bits per heavy atom. The third-order valence-corrected chi connectivity index (χ3v) is 3.97. The number of hydrogen-bond acceptors (Lipinski definition) is 6. The lowest BCUT2D eigenvalue weighted by Gasteiger charge is -2.10. The van der Waals surface area contributed by atoms with E-state index >= 15 is 0 Å². The molecule has 1 aromatic carbocycles. The van der Waals surface area contributed by atoms with Crippen molar-refractivity contribution in [1.82, 2.24) is 15.2 Å². The Bertz CT molecular complexity index is 678. The molecule has 100 valence electrons. The number of halogens is 1. The summed E-state index contributed by atoms with van der Waals surface area (Å²) in [4.78, 5) is 3.73. The first-order chi connectivity index (χ1) is 9.03. The summed E-state index contributed by atoms with van der Waals surface area (Å²) in [5.41, 5.74) is 0. The monoisotopic (exact) mass is 344 g/mol. The van der Waals surface area contributed by atoms with Crippen LogP contribution in [0.5, 0.6) is 5.75 Å². The van der Waals surface area contributed by atoms with Crippen LogP contribution in [0.15, 0.2) is 40.0 Å². The maximum absolute atomic E-state index is 12.2. The molecule has 0 unspecified atom stereocenters. The molecule has 1 aromatic heterocycles. The molecule has 7 nitrogen and oxygen atoms in total. The van der Waals surface area contributed by atoms with E-state index in [9.17, 15) is 8.42 Å². The van der Waals surface area contributed by atoms with Crippen LogP contribution in [-0.4, -0.2) is 30.7 Å². The summed E-state index contributed by atoms with van der Waals surface area (Å²) in [5.74, 6) is 0.115. The Kier molecular flexibility index (Phi) is 3.96. The Balaban J connectivity index is 2.42. The van der Waals surface area contributed by atoms with Crippen LogP contribution < -0.4 is 9.46 Å². The third kappa shape index (κ3) is 3.18. The van der Waals surface area contributed by atoms with Gasteiger partial charge in [0, 0.05) is 4.47 Å². The topological polar surface area (TPSA) is 94.1 Å². The van der Waals surface area contributed by atoms with Crippen LogP contribution >= 0.6 is 15.9 Å². The standard InChI is InChI=1S/C10H9BrN4O3S/c1-18-8-3-2-7(11)6-9(8)19(16,17)15-10-12-4-5-13-14-10/h2-6H,1H3,(H,12,14,15). The number of methoxy groups -OCH3 is 1. The molecular formula is C10H9BrN4O3S. The zero-order chi connectivity index (χ0) is 13.9. The van der Waals surface area contributed by atoms with Crippen molar-refractivity contribution in [2.24, 2.45) is 0 Å². The highest BCUT2D eigenvalue weighted by Crippen LogP contribution is 2.28. The molecule has 2 rings (SSSR count). The SMILES string of the molecule is COc1ccc(Br)cc1S(=O)(=O)Nc1nccnn1. The van der Waals surface area contributed by atoms with Gasteiger partial charge in [0.05, 0.1) is 19.5 Å². The van der Waals surface area contributed by atoms with E-state index in [0.29, 0.717) is 4.47 Å². The Hall–Kier alpha value is -1.74. The maximum atomic E-state index is 12.2. The lowest BCUT2D eigenvalue weighted by Crippen LogP contribution is -2.16. The van der Waals surface area contributed by atoms with Gasteiger partial charge in [0.15, 0.2) is 0 Å². The van der Waals surface area contributed by atoms with Crippen molar-refractivity contribution in [3.05, 3.63) is 35.1 Å². The van der Waals surface area contributed by atoms with E-state index in [1.807, 2.05) is 0 Å². The second-order valence-electron chi connectivity index (χ2n) is 3.37. The van der Waals surface area contributed by atoms with Gasteiger partial charge in [-0.25, -0.2) is 18.1 Å². The summed E-state index contributed by atoms with van der Waals surface area (Å²) in [5, 5.41) is 7.11. The molecule has 0 spiro atoms. The van der Waals surface area contributed by atoms with Crippen LogP contribution in [0.1, 0.15) is 0 Å². The van der Waals surface area contributed by atoms with E-state index in [2.05, 4.69) is 35.8 Å². The summed E-state index contributed by atoms with van der Waals surface area (Å²) < 4.78 is 32.3. The Labute approximate surface area is 118 Å². The first-order valence-corrected chi connectivity index (χ1v) is 7.30. The van der Waals surface area contributed by atoms with Crippen molar-refractivity contribution < 1.29 is 13.2 Å². The van der Waals surface area contributed by atoms with Crippen LogP contribution in [-0.2, 0) is 10.0 Å². The van der Waals surface area contributed by atoms with Gasteiger partial charge in [0.1, 0.15) is 10.6 Å². The number of nitrogens with one attached hydrogen (secondary N) is 1. The van der Waals surface area contributed by atoms with Gasteiger partial charge in [-0.2, -0.15) is 5.10 Å². The average molecular weight is 345 g/mol. The Morgan fingerprint density at radius 3 is 2.74 bits per heavy atom. The zero-order valence-corrected chi connectivity index (χ0v) is 12.1. The largest absolute Gasteiger partial charge is 0.495 e. The molecule has 0 aliphatic heterocycles. The predicted octanol–water partition coefficient (Wildman–Crippen LogP) is 1.44. The van der Waals surface area contributed by atoms with E-state index in [4.69, 9.17) is 4.74 Å². The average Bonchev–Trinajstić information content (AvgIpc) is 2.39. The van der Waals surface area contributed by atoms with E-state index in [0.717, 1.165) is 0 Å². The number of hydrogen-bond donors (Lipinski definition) is 1. The second-order valence-corrected chi connectivity index (χ2v) is 5.93. The van der Waals surface area contributed by atoms with E-state index in [1.165, 1.54) is 25.6 Å². The van der Waals surface area contributed by atoms with Gasteiger partial charge in [-0.1, -0.05) is 15.9 Å². The first kappa shape index (κ1) is 13.7. The molecule has 0 fully saturated rings. The quantitative estimate of drug-likeness (QED) is 0.901. The lowest BCUT2D eigenvalue weighted by atomic mass is 10.3. The van der Waals surface area contributed by atoms with Gasteiger partial charge < -0.3 is 4.74 Å². The number of benzene rings is 1. The first-order valence-electron chi connectivity index (χ1n) is 5.03. The number of nitrogens with zero attached hydrogens (tertiary/aromatic N) is 3. The molecule has 0 atom stereocenters. The summed E-state index contributed by atoms with van der Waals surface area (Å²) in [6.45, 7) is 0. The summed E-state index contributed by atoms with van der Waals surface area (Å²) in [6.07, 6.45) is 2.68. The predicted molar refractivity (Wildman–Crippen MR) is 71.3 cm³/mol. The van der Waals surface area contributed by atoms with Crippen LogP contribution in [0.2, 0.25) is 0 Å². The molecule has 2 aromatic rings. The van der Waals surface area contributed by atoms with E-state index < -0.39 is 10.0 Å². The molecule has 0 amide bonds. The van der Waals surface area contributed by atoms with Gasteiger partial charge in [-0.3, -0.25) is 0 Å². The van der Waals surface area contributed by atoms with Crippen molar-refractivity contribution in [3.8, 4) is 5.75 Å². The molecule has 0 aliphatic carbocycles. The molecule has 1 heterocycles. The molecule has 0 aliphatic rings. The smallest absolute Gasteiger partial charge is 0.267 e. The minimum absolute atomic E-state index is 0.0168. The molecule has 0 bridgehead atoms. The minimum Gasteiger partial charge on any atom is -0.495 e. The van der Waals surface area contributed by atoms with Gasteiger partial charge in [0.2, 0.25) is 0 Å². The number of ether oxygens (including phenoxy) is 1. The number of aromatic nitrogens is 3. The van der Waals surface area contributed by atoms with Crippen molar-refractivity contribution in [2.75, 3.05) is 11.8 Å². The number of anilines is 1. The zero-order valence-electron chi connectivity index (χ0n) is 9.74. The molecule has 19 heavy (non-hydrogen) atoms. The third-order valence-electron chi connectivity index (χ3n) is 2.12. The van der Waals surface area contributed by atoms with Gasteiger partial charge >= 0.3 is 0 Å². The van der Waals surface area contributed by atoms with Crippen LogP contribution in [0.3, 0.4) is 0 Å². The second kappa shape index (κ2) is 5.49. The number of sulfonamides is 1. The van der Waals surface area contributed by atoms with Crippen LogP contribution in [0.4, 0.5) is 5.95 Å². The molecule has 0 saturated carbocycles. The van der Waals surface area contributed by atoms with Crippen molar-refractivity contribution in [3.63, 3.8) is 0 Å². The molecule has 9 heteroatoms. The molecule has 0 saturated heterocycles. The Morgan fingerprint density at radius 2 is 2.11 bits per heavy atom. The minimum atomic E-state index is -3.85. The van der Waals surface area contributed by atoms with Gasteiger partial charge in [0.25, 0.3) is 16.0 Å². The van der Waals surface area contributed by atoms with Gasteiger partial charge in [-0.05, 0) is 18.2 Å². The normalized spacial score (nSPS) is 11.1. The van der Waals surface area contributed by atoms with Gasteiger partial charge in [-0.15, -0.1) is 5.10 Å². The highest BCUT2D eigenvalue weighted by molar-refractivity contribution is 9.10. The van der Waals surface area contributed by atoms with Crippen molar-refractivity contribution in [1.29, 1.82) is 0 Å². The fraction of sp³-hybridized carbons (Fsp3) is 0.100. The molecule has 1 N–H and O–H groups in total. The van der Waals surface area contributed by atoms with Crippen LogP contribution in [0, 0.1) is 0 Å². The van der Waals surface area contributed by atoms with Crippen LogP contribution in [0.25, 0.3) is 0 Å². The maximum Gasteiger partial charge on any atom is 0.267 e. The lowest BCUT2D eigenvalue weighted by molar-refractivity contribution is 0.403. The molecular weight excluding hydrogens is 336 g/mol. The fourth-order valence-corrected chi connectivity index (χ4v) is 2.98. The molecule has 0 radical (unpaired) electrons. The van der Waals surface area contributed by atoms with E-state index in [-0.39, 0.29) is 16.6 Å². The van der Waals surface area contributed by atoms with E-state index in [1.54, 1.807) is 12.1 Å². The summed E-state index contributed by atoms with van der Waals surface area (Å²) in [6, 6.07) is 4.65. The highest BCUT2D eigenvalue weighted by atomic mass is 79.9. The summed E-state index contributed by atoms with van der Waals surface area (Å²) >= 11 is 3.21. The fourth-order valence-electron chi connectivity index (χ4n) is 1.33. The van der Waals surface area contributed by atoms with Crippen molar-refractivity contribution in [2.45, 2.75) is 4.90 Å². The number of rotatable bonds is 4.